The SMILES string of the molecule is CCO/C(=C\C(C)=O)c1c(C)oc2c1C(=O)c1oc(C)c(/C(=C/C(C)=O)OCC)c1C2=O. The largest absolute Gasteiger partial charge is 0.493 e. The number of allylic oxidation sites excluding steroid dienone is 2. The first-order valence-electron chi connectivity index (χ1n) is 10.2. The summed E-state index contributed by atoms with van der Waals surface area (Å²) >= 11 is 0. The number of furan rings is 2. The van der Waals surface area contributed by atoms with Crippen molar-refractivity contribution >= 4 is 34.7 Å². The van der Waals surface area contributed by atoms with E-state index in [1.807, 2.05) is 0 Å². The molecule has 168 valence electrons. The lowest BCUT2D eigenvalue weighted by molar-refractivity contribution is -0.113. The Morgan fingerprint density at radius 2 is 1.09 bits per heavy atom. The van der Waals surface area contributed by atoms with E-state index in [0.717, 1.165) is 0 Å². The number of carbonyl (C=O) groups is 4. The fourth-order valence-corrected chi connectivity index (χ4v) is 3.72. The molecule has 0 spiro atoms. The summed E-state index contributed by atoms with van der Waals surface area (Å²) in [6.45, 7) is 9.81. The Morgan fingerprint density at radius 1 is 0.750 bits per heavy atom. The number of ketones is 4. The van der Waals surface area contributed by atoms with Gasteiger partial charge >= 0.3 is 0 Å². The molecule has 3 rings (SSSR count). The smallest absolute Gasteiger partial charge is 0.233 e. The molecule has 1 aliphatic rings. The lowest BCUT2D eigenvalue weighted by atomic mass is 9.88. The number of hydrogen-bond donors (Lipinski definition) is 0. The molecule has 0 saturated carbocycles. The van der Waals surface area contributed by atoms with Gasteiger partial charge in [0, 0.05) is 12.2 Å². The number of ether oxygens (including phenoxy) is 2. The Bertz CT molecular complexity index is 1100. The second kappa shape index (κ2) is 8.82. The maximum Gasteiger partial charge on any atom is 0.233 e. The average molecular weight is 440 g/mol. The topological polar surface area (TPSA) is 113 Å². The van der Waals surface area contributed by atoms with Crippen molar-refractivity contribution < 1.29 is 37.5 Å². The molecule has 32 heavy (non-hydrogen) atoms. The summed E-state index contributed by atoms with van der Waals surface area (Å²) in [5, 5.41) is 0. The van der Waals surface area contributed by atoms with Crippen LogP contribution in [0.4, 0.5) is 0 Å². The van der Waals surface area contributed by atoms with Gasteiger partial charge in [0.2, 0.25) is 11.6 Å². The highest BCUT2D eigenvalue weighted by Crippen LogP contribution is 2.41. The van der Waals surface area contributed by atoms with Crippen LogP contribution in [0.1, 0.15) is 82.6 Å². The molecule has 0 N–H and O–H groups in total. The standard InChI is InChI=1S/C24H24O8/c1-7-29-15(9-11(3)25)17-13(5)31-23-19(17)21(27)24-20(22(23)28)18(14(6)32-24)16(30-8-2)10-12(4)26/h9-10H,7-8H2,1-6H3/b15-9-,16-10-. The Hall–Kier alpha value is -3.68. The van der Waals surface area contributed by atoms with Crippen LogP contribution < -0.4 is 0 Å². The third-order valence-corrected chi connectivity index (χ3v) is 4.80. The lowest BCUT2D eigenvalue weighted by Gasteiger charge is -2.14. The number of carbonyl (C=O) groups excluding carboxylic acids is 4. The van der Waals surface area contributed by atoms with Crippen molar-refractivity contribution in [1.82, 2.24) is 0 Å². The van der Waals surface area contributed by atoms with Crippen molar-refractivity contribution in [1.29, 1.82) is 0 Å². The van der Waals surface area contributed by atoms with Crippen LogP contribution in [0.3, 0.4) is 0 Å². The molecule has 0 amide bonds. The van der Waals surface area contributed by atoms with Crippen LogP contribution in [0, 0.1) is 13.8 Å². The maximum atomic E-state index is 13.4. The molecule has 0 aromatic carbocycles. The fourth-order valence-electron chi connectivity index (χ4n) is 3.72. The molecule has 1 aliphatic carbocycles. The zero-order chi connectivity index (χ0) is 23.7. The first-order valence-corrected chi connectivity index (χ1v) is 10.2. The highest BCUT2D eigenvalue weighted by atomic mass is 16.5. The highest BCUT2D eigenvalue weighted by molar-refractivity contribution is 6.29. The minimum Gasteiger partial charge on any atom is -0.493 e. The third-order valence-electron chi connectivity index (χ3n) is 4.80. The summed E-state index contributed by atoms with van der Waals surface area (Å²) < 4.78 is 22.6. The van der Waals surface area contributed by atoms with Gasteiger partial charge in [0.1, 0.15) is 23.0 Å². The van der Waals surface area contributed by atoms with Gasteiger partial charge in [-0.3, -0.25) is 19.2 Å². The second-order valence-electron chi connectivity index (χ2n) is 7.24. The van der Waals surface area contributed by atoms with E-state index >= 15 is 0 Å². The van der Waals surface area contributed by atoms with Gasteiger partial charge in [0.15, 0.2) is 23.1 Å². The Balaban J connectivity index is 2.27. The minimum absolute atomic E-state index is 0.0187. The zero-order valence-corrected chi connectivity index (χ0v) is 18.8. The Kier molecular flexibility index (Phi) is 6.34. The molecule has 0 unspecified atom stereocenters. The molecule has 0 bridgehead atoms. The summed E-state index contributed by atoms with van der Waals surface area (Å²) in [5.41, 5.74) is 0.437. The predicted octanol–water partition coefficient (Wildman–Crippen LogP) is 4.20. The van der Waals surface area contributed by atoms with Crippen molar-refractivity contribution in [3.05, 3.63) is 57.4 Å². The lowest BCUT2D eigenvalue weighted by Crippen LogP contribution is -2.20. The van der Waals surface area contributed by atoms with E-state index in [0.29, 0.717) is 0 Å². The second-order valence-corrected chi connectivity index (χ2v) is 7.24. The van der Waals surface area contributed by atoms with Gasteiger partial charge < -0.3 is 18.3 Å². The number of aryl methyl sites for hydroxylation is 2. The van der Waals surface area contributed by atoms with E-state index in [4.69, 9.17) is 18.3 Å². The molecule has 2 heterocycles. The van der Waals surface area contributed by atoms with E-state index in [1.54, 1.807) is 27.7 Å². The summed E-state index contributed by atoms with van der Waals surface area (Å²) in [6, 6.07) is 0. The van der Waals surface area contributed by atoms with Crippen LogP contribution in [-0.4, -0.2) is 36.3 Å². The number of rotatable bonds is 8. The van der Waals surface area contributed by atoms with Crippen LogP contribution in [0.15, 0.2) is 21.0 Å². The van der Waals surface area contributed by atoms with Crippen molar-refractivity contribution in [2.75, 3.05) is 13.2 Å². The molecule has 0 atom stereocenters. The van der Waals surface area contributed by atoms with Crippen molar-refractivity contribution in [3.8, 4) is 0 Å². The van der Waals surface area contributed by atoms with Crippen LogP contribution >= 0.6 is 0 Å². The normalized spacial score (nSPS) is 13.7. The third kappa shape index (κ3) is 3.84. The van der Waals surface area contributed by atoms with Crippen molar-refractivity contribution in [2.24, 2.45) is 0 Å². The molecule has 0 aliphatic heterocycles. The van der Waals surface area contributed by atoms with Gasteiger partial charge in [0.05, 0.1) is 35.5 Å². The van der Waals surface area contributed by atoms with Gasteiger partial charge in [-0.05, 0) is 41.5 Å². The summed E-state index contributed by atoms with van der Waals surface area (Å²) in [4.78, 5) is 50.3. The van der Waals surface area contributed by atoms with Gasteiger partial charge in [0.25, 0.3) is 0 Å². The maximum absolute atomic E-state index is 13.4. The molecule has 2 aromatic heterocycles. The fraction of sp³-hybridized carbons (Fsp3) is 0.333. The first kappa shape index (κ1) is 23.0. The van der Waals surface area contributed by atoms with Crippen LogP contribution in [0.5, 0.6) is 0 Å². The summed E-state index contributed by atoms with van der Waals surface area (Å²) in [6.07, 6.45) is 2.49. The van der Waals surface area contributed by atoms with Gasteiger partial charge in [-0.2, -0.15) is 0 Å². The quantitative estimate of drug-likeness (QED) is 0.378. The Labute approximate surface area is 184 Å². The number of hydrogen-bond acceptors (Lipinski definition) is 8. The molecular formula is C24H24O8. The van der Waals surface area contributed by atoms with Crippen LogP contribution in [0.25, 0.3) is 11.5 Å². The van der Waals surface area contributed by atoms with Crippen molar-refractivity contribution in [2.45, 2.75) is 41.5 Å². The molecule has 0 saturated heterocycles. The average Bonchev–Trinajstić information content (AvgIpc) is 3.22. The van der Waals surface area contributed by atoms with E-state index < -0.39 is 11.6 Å². The minimum atomic E-state index is -0.580. The molecule has 2 aromatic rings. The van der Waals surface area contributed by atoms with Crippen molar-refractivity contribution in [3.63, 3.8) is 0 Å². The number of fused-ring (bicyclic) bond motifs is 2. The molecular weight excluding hydrogens is 416 g/mol. The van der Waals surface area contributed by atoms with Gasteiger partial charge in [-0.25, -0.2) is 0 Å². The van der Waals surface area contributed by atoms with Gasteiger partial charge in [-0.15, -0.1) is 0 Å². The van der Waals surface area contributed by atoms with Crippen LogP contribution in [-0.2, 0) is 19.1 Å². The van der Waals surface area contributed by atoms with Gasteiger partial charge in [-0.1, -0.05) is 0 Å². The predicted molar refractivity (Wildman–Crippen MR) is 114 cm³/mol. The molecule has 8 nitrogen and oxygen atoms in total. The van der Waals surface area contributed by atoms with E-state index in [1.165, 1.54) is 26.0 Å². The molecule has 8 heteroatoms. The zero-order valence-electron chi connectivity index (χ0n) is 18.8. The van der Waals surface area contributed by atoms with E-state index in [9.17, 15) is 19.2 Å². The Morgan fingerprint density at radius 3 is 1.38 bits per heavy atom. The van der Waals surface area contributed by atoms with Crippen LogP contribution in [0.2, 0.25) is 0 Å². The van der Waals surface area contributed by atoms with E-state index in [-0.39, 0.29) is 81.6 Å². The van der Waals surface area contributed by atoms with E-state index in [2.05, 4.69) is 0 Å². The summed E-state index contributed by atoms with van der Waals surface area (Å²) in [7, 11) is 0. The summed E-state index contributed by atoms with van der Waals surface area (Å²) in [5.74, 6) is -1.29. The molecule has 0 radical (unpaired) electrons. The highest BCUT2D eigenvalue weighted by Gasteiger charge is 2.43. The molecule has 0 fully saturated rings. The first-order chi connectivity index (χ1) is 15.1. The monoisotopic (exact) mass is 440 g/mol.